The van der Waals surface area contributed by atoms with Crippen LogP contribution in [0, 0.1) is 0 Å². The predicted molar refractivity (Wildman–Crippen MR) is 100 cm³/mol. The van der Waals surface area contributed by atoms with Gasteiger partial charge < -0.3 is 5.32 Å². The van der Waals surface area contributed by atoms with E-state index in [-0.39, 0.29) is 11.9 Å². The molecule has 0 bridgehead atoms. The number of hydrogen-bond acceptors (Lipinski definition) is 4. The van der Waals surface area contributed by atoms with Crippen molar-refractivity contribution in [2.24, 2.45) is 0 Å². The van der Waals surface area contributed by atoms with E-state index in [4.69, 9.17) is 0 Å². The molecule has 1 atom stereocenters. The fraction of sp³-hybridized carbons (Fsp3) is 0.100. The van der Waals surface area contributed by atoms with Crippen LogP contribution in [-0.2, 0) is 6.54 Å². The van der Waals surface area contributed by atoms with E-state index in [0.717, 1.165) is 11.3 Å². The Morgan fingerprint density at radius 2 is 1.74 bits per heavy atom. The molecule has 27 heavy (non-hydrogen) atoms. The van der Waals surface area contributed by atoms with Gasteiger partial charge in [-0.25, -0.2) is 4.68 Å². The van der Waals surface area contributed by atoms with E-state index in [0.29, 0.717) is 12.1 Å². The Morgan fingerprint density at radius 1 is 0.926 bits per heavy atom. The van der Waals surface area contributed by atoms with Gasteiger partial charge in [0.1, 0.15) is 0 Å². The maximum atomic E-state index is 12.9. The summed E-state index contributed by atoms with van der Waals surface area (Å²) in [4.78, 5) is 14.5. The van der Waals surface area contributed by atoms with Crippen molar-refractivity contribution in [2.75, 3.05) is 0 Å². The fourth-order valence-corrected chi connectivity index (χ4v) is 2.87. The van der Waals surface area contributed by atoms with Crippen molar-refractivity contribution >= 4 is 5.91 Å². The SMILES string of the molecule is O=C(NC(Cn1nccn1)c1ccccc1)c1cccc(-n2cccn2)c1. The summed E-state index contributed by atoms with van der Waals surface area (Å²) in [7, 11) is 0. The largest absolute Gasteiger partial charge is 0.343 e. The van der Waals surface area contributed by atoms with Crippen LogP contribution in [0.4, 0.5) is 0 Å². The van der Waals surface area contributed by atoms with Gasteiger partial charge >= 0.3 is 0 Å². The van der Waals surface area contributed by atoms with E-state index in [1.807, 2.05) is 60.8 Å². The minimum atomic E-state index is -0.251. The molecule has 1 unspecified atom stereocenters. The van der Waals surface area contributed by atoms with Crippen molar-refractivity contribution in [1.29, 1.82) is 0 Å². The molecule has 7 nitrogen and oxygen atoms in total. The monoisotopic (exact) mass is 358 g/mol. The van der Waals surface area contributed by atoms with Gasteiger partial charge in [-0.15, -0.1) is 0 Å². The molecule has 0 aliphatic heterocycles. The maximum Gasteiger partial charge on any atom is 0.251 e. The molecule has 1 amide bonds. The molecular weight excluding hydrogens is 340 g/mol. The molecular formula is C20H18N6O. The minimum absolute atomic E-state index is 0.162. The van der Waals surface area contributed by atoms with Crippen molar-refractivity contribution in [2.45, 2.75) is 12.6 Å². The van der Waals surface area contributed by atoms with Crippen LogP contribution in [0.25, 0.3) is 5.69 Å². The van der Waals surface area contributed by atoms with Gasteiger partial charge in [-0.1, -0.05) is 36.4 Å². The predicted octanol–water partition coefficient (Wildman–Crippen LogP) is 2.64. The van der Waals surface area contributed by atoms with E-state index in [9.17, 15) is 4.79 Å². The summed E-state index contributed by atoms with van der Waals surface area (Å²) in [5.74, 6) is -0.162. The molecule has 134 valence electrons. The summed E-state index contributed by atoms with van der Waals surface area (Å²) in [6.07, 6.45) is 6.79. The second-order valence-electron chi connectivity index (χ2n) is 6.02. The van der Waals surface area contributed by atoms with Gasteiger partial charge in [0.15, 0.2) is 0 Å². The Kier molecular flexibility index (Phi) is 4.74. The Bertz CT molecular complexity index is 996. The molecule has 4 rings (SSSR count). The Morgan fingerprint density at radius 3 is 2.48 bits per heavy atom. The molecule has 0 fully saturated rings. The van der Waals surface area contributed by atoms with Gasteiger partial charge in [-0.05, 0) is 29.8 Å². The molecule has 0 saturated heterocycles. The summed E-state index contributed by atoms with van der Waals surface area (Å²) in [5.41, 5.74) is 2.39. The zero-order valence-electron chi connectivity index (χ0n) is 14.5. The number of amides is 1. The van der Waals surface area contributed by atoms with Gasteiger partial charge in [-0.2, -0.15) is 20.1 Å². The van der Waals surface area contributed by atoms with Crippen LogP contribution in [0.15, 0.2) is 85.5 Å². The summed E-state index contributed by atoms with van der Waals surface area (Å²) in [5, 5.41) is 15.6. The van der Waals surface area contributed by atoms with Crippen molar-refractivity contribution < 1.29 is 4.79 Å². The molecule has 4 aromatic rings. The highest BCUT2D eigenvalue weighted by Crippen LogP contribution is 2.16. The number of aromatic nitrogens is 5. The highest BCUT2D eigenvalue weighted by Gasteiger charge is 2.17. The highest BCUT2D eigenvalue weighted by atomic mass is 16.1. The smallest absolute Gasteiger partial charge is 0.251 e. The molecule has 0 aliphatic rings. The quantitative estimate of drug-likeness (QED) is 0.575. The lowest BCUT2D eigenvalue weighted by atomic mass is 10.1. The van der Waals surface area contributed by atoms with Gasteiger partial charge in [0.2, 0.25) is 0 Å². The second kappa shape index (κ2) is 7.65. The summed E-state index contributed by atoms with van der Waals surface area (Å²) < 4.78 is 1.72. The third kappa shape index (κ3) is 3.92. The van der Waals surface area contributed by atoms with E-state index < -0.39 is 0 Å². The maximum absolute atomic E-state index is 12.9. The number of nitrogens with one attached hydrogen (secondary N) is 1. The molecule has 2 aromatic heterocycles. The summed E-state index contributed by atoms with van der Waals surface area (Å²) in [6.45, 7) is 0.446. The van der Waals surface area contributed by atoms with Crippen LogP contribution >= 0.6 is 0 Å². The molecule has 2 aromatic carbocycles. The Hall–Kier alpha value is -3.74. The van der Waals surface area contributed by atoms with E-state index in [2.05, 4.69) is 20.6 Å². The normalized spacial score (nSPS) is 11.9. The zero-order valence-corrected chi connectivity index (χ0v) is 14.5. The van der Waals surface area contributed by atoms with Gasteiger partial charge in [0.05, 0.1) is 30.7 Å². The van der Waals surface area contributed by atoms with Gasteiger partial charge in [0, 0.05) is 18.0 Å². The first-order valence-corrected chi connectivity index (χ1v) is 8.59. The van der Waals surface area contributed by atoms with Crippen LogP contribution < -0.4 is 5.32 Å². The number of carbonyl (C=O) groups is 1. The summed E-state index contributed by atoms with van der Waals surface area (Å²) >= 11 is 0. The molecule has 1 N–H and O–H groups in total. The van der Waals surface area contributed by atoms with Crippen molar-refractivity contribution in [1.82, 2.24) is 30.1 Å². The molecule has 0 saturated carbocycles. The van der Waals surface area contributed by atoms with Crippen LogP contribution in [0.3, 0.4) is 0 Å². The first-order valence-electron chi connectivity index (χ1n) is 8.59. The van der Waals surface area contributed by atoms with Crippen LogP contribution in [-0.4, -0.2) is 30.7 Å². The molecule has 0 spiro atoms. The van der Waals surface area contributed by atoms with E-state index in [1.165, 1.54) is 0 Å². The van der Waals surface area contributed by atoms with Crippen LogP contribution in [0.1, 0.15) is 22.0 Å². The molecule has 7 heteroatoms. The van der Waals surface area contributed by atoms with Crippen LogP contribution in [0.2, 0.25) is 0 Å². The minimum Gasteiger partial charge on any atom is -0.343 e. The van der Waals surface area contributed by atoms with Crippen molar-refractivity contribution in [3.8, 4) is 5.69 Å². The number of hydrogen-bond donors (Lipinski definition) is 1. The van der Waals surface area contributed by atoms with Crippen LogP contribution in [0.5, 0.6) is 0 Å². The number of rotatable bonds is 6. The van der Waals surface area contributed by atoms with Gasteiger partial charge in [-0.3, -0.25) is 4.79 Å². The highest BCUT2D eigenvalue weighted by molar-refractivity contribution is 5.95. The molecule has 0 aliphatic carbocycles. The van der Waals surface area contributed by atoms with Crippen molar-refractivity contribution in [3.63, 3.8) is 0 Å². The number of carbonyl (C=O) groups excluding carboxylic acids is 1. The first-order chi connectivity index (χ1) is 13.3. The average Bonchev–Trinajstić information content (AvgIpc) is 3.42. The fourth-order valence-electron chi connectivity index (χ4n) is 2.87. The lowest BCUT2D eigenvalue weighted by Crippen LogP contribution is -2.32. The Balaban J connectivity index is 1.57. The first kappa shape index (κ1) is 16.7. The lowest BCUT2D eigenvalue weighted by molar-refractivity contribution is 0.0930. The number of benzene rings is 2. The lowest BCUT2D eigenvalue weighted by Gasteiger charge is -2.19. The van der Waals surface area contributed by atoms with Gasteiger partial charge in [0.25, 0.3) is 5.91 Å². The van der Waals surface area contributed by atoms with E-state index in [1.54, 1.807) is 34.1 Å². The molecule has 2 heterocycles. The second-order valence-corrected chi connectivity index (χ2v) is 6.02. The third-order valence-electron chi connectivity index (χ3n) is 4.20. The third-order valence-corrected chi connectivity index (χ3v) is 4.20. The summed E-state index contributed by atoms with van der Waals surface area (Å²) in [6, 6.07) is 18.8. The molecule has 0 radical (unpaired) electrons. The van der Waals surface area contributed by atoms with Crippen molar-refractivity contribution in [3.05, 3.63) is 96.6 Å². The number of nitrogens with zero attached hydrogens (tertiary/aromatic N) is 5. The van der Waals surface area contributed by atoms with E-state index >= 15 is 0 Å². The topological polar surface area (TPSA) is 77.6 Å². The zero-order chi connectivity index (χ0) is 18.5. The Labute approximate surface area is 156 Å². The average molecular weight is 358 g/mol. The standard InChI is InChI=1S/C20H18N6O/c27-20(17-8-4-9-18(14-17)25-13-5-10-21-25)24-19(15-26-22-11-12-23-26)16-6-2-1-3-7-16/h1-14,19H,15H2,(H,24,27).